The predicted octanol–water partition coefficient (Wildman–Crippen LogP) is 7.36. The molecule has 0 fully saturated rings. The fraction of sp³-hybridized carbons (Fsp3) is 0.231. The molecule has 39 heavy (non-hydrogen) atoms. The topological polar surface area (TPSA) is 122 Å². The lowest BCUT2D eigenvalue weighted by atomic mass is 9.95. The zero-order valence-corrected chi connectivity index (χ0v) is 26.0. The molecule has 4 aromatic rings. The summed E-state index contributed by atoms with van der Waals surface area (Å²) in [6.07, 6.45) is 2.65. The molecule has 2 heterocycles. The minimum Gasteiger partial charge on any atom is -0.490 e. The number of rotatable bonds is 7. The predicted molar refractivity (Wildman–Crippen MR) is 159 cm³/mol. The summed E-state index contributed by atoms with van der Waals surface area (Å²) in [7, 11) is 0. The van der Waals surface area contributed by atoms with Crippen molar-refractivity contribution in [1.29, 1.82) is 0 Å². The van der Waals surface area contributed by atoms with Crippen molar-refractivity contribution in [3.63, 3.8) is 0 Å². The fourth-order valence-electron chi connectivity index (χ4n) is 3.56. The Kier molecular flexibility index (Phi) is 8.52. The highest BCUT2D eigenvalue weighted by Crippen LogP contribution is 2.44. The van der Waals surface area contributed by atoms with E-state index >= 15 is 0 Å². The molecule has 0 bridgehead atoms. The van der Waals surface area contributed by atoms with Crippen LogP contribution in [0, 0.1) is 10.1 Å². The zero-order valence-electron chi connectivity index (χ0n) is 21.2. The second kappa shape index (κ2) is 11.5. The van der Waals surface area contributed by atoms with Gasteiger partial charge in [-0.1, -0.05) is 36.7 Å². The highest BCUT2D eigenvalue weighted by atomic mass is 79.9. The van der Waals surface area contributed by atoms with Crippen LogP contribution < -0.4 is 15.0 Å². The van der Waals surface area contributed by atoms with Crippen LogP contribution in [0.3, 0.4) is 0 Å². The molecular formula is C26H22Br3N5O5. The van der Waals surface area contributed by atoms with Crippen LogP contribution in [-0.2, 0) is 5.41 Å². The van der Waals surface area contributed by atoms with Gasteiger partial charge in [-0.3, -0.25) is 14.9 Å². The molecule has 0 saturated carbocycles. The normalized spacial score (nSPS) is 11.8. The molecule has 0 unspecified atom stereocenters. The minimum atomic E-state index is -0.538. The van der Waals surface area contributed by atoms with Gasteiger partial charge in [-0.25, -0.2) is 9.97 Å². The van der Waals surface area contributed by atoms with E-state index in [4.69, 9.17) is 14.5 Å². The van der Waals surface area contributed by atoms with Crippen molar-refractivity contribution >= 4 is 70.6 Å². The number of nitrogens with zero attached hydrogens (tertiary/aromatic N) is 5. The van der Waals surface area contributed by atoms with Gasteiger partial charge < -0.3 is 9.47 Å². The maximum atomic E-state index is 13.5. The second-order valence-electron chi connectivity index (χ2n) is 9.28. The Bertz CT molecular complexity index is 1660. The summed E-state index contributed by atoms with van der Waals surface area (Å²) in [5.41, 5.74) is 0.257. The van der Waals surface area contributed by atoms with Gasteiger partial charge in [-0.05, 0) is 63.0 Å². The van der Waals surface area contributed by atoms with E-state index in [0.717, 1.165) is 10.7 Å². The van der Waals surface area contributed by atoms with Crippen LogP contribution in [-0.4, -0.2) is 32.4 Å². The van der Waals surface area contributed by atoms with E-state index in [0.29, 0.717) is 49.3 Å². The summed E-state index contributed by atoms with van der Waals surface area (Å²) < 4.78 is 14.9. The number of aromatic nitrogens is 3. The number of hydrogen-bond acceptors (Lipinski definition) is 8. The lowest BCUT2D eigenvalue weighted by Gasteiger charge is -2.21. The minimum absolute atomic E-state index is 0.144. The van der Waals surface area contributed by atoms with Gasteiger partial charge in [0.05, 0.1) is 33.1 Å². The third-order valence-corrected chi connectivity index (χ3v) is 8.02. The first-order valence-corrected chi connectivity index (χ1v) is 14.0. The molecule has 0 aliphatic heterocycles. The van der Waals surface area contributed by atoms with Crippen LogP contribution in [0.15, 0.2) is 65.9 Å². The highest BCUT2D eigenvalue weighted by Gasteiger charge is 2.24. The Morgan fingerprint density at radius 2 is 1.87 bits per heavy atom. The molecule has 0 aliphatic rings. The van der Waals surface area contributed by atoms with Gasteiger partial charge >= 0.3 is 0 Å². The number of ether oxygens (including phenoxy) is 2. The number of benzene rings is 2. The van der Waals surface area contributed by atoms with E-state index in [1.54, 1.807) is 18.2 Å². The maximum absolute atomic E-state index is 13.5. The molecule has 202 valence electrons. The van der Waals surface area contributed by atoms with E-state index < -0.39 is 10.3 Å². The van der Waals surface area contributed by atoms with Gasteiger partial charge in [-0.2, -0.15) is 9.78 Å². The monoisotopic (exact) mass is 721 g/mol. The van der Waals surface area contributed by atoms with Crippen LogP contribution in [0.2, 0.25) is 0 Å². The molecule has 0 spiro atoms. The average Bonchev–Trinajstić information content (AvgIpc) is 2.88. The van der Waals surface area contributed by atoms with Crippen molar-refractivity contribution in [2.24, 2.45) is 5.10 Å². The summed E-state index contributed by atoms with van der Waals surface area (Å²) in [5.74, 6) is 1.33. The molecular weight excluding hydrogens is 702 g/mol. The molecule has 0 N–H and O–H groups in total. The van der Waals surface area contributed by atoms with Crippen molar-refractivity contribution < 1.29 is 14.4 Å². The van der Waals surface area contributed by atoms with Gasteiger partial charge in [-0.15, -0.1) is 0 Å². The quantitative estimate of drug-likeness (QED) is 0.111. The Morgan fingerprint density at radius 3 is 2.49 bits per heavy atom. The first-order chi connectivity index (χ1) is 18.4. The molecule has 0 amide bonds. The summed E-state index contributed by atoms with van der Waals surface area (Å²) in [6.45, 7) is 8.05. The summed E-state index contributed by atoms with van der Waals surface area (Å²) >= 11 is 10.5. The molecule has 2 aromatic carbocycles. The van der Waals surface area contributed by atoms with Gasteiger partial charge in [0.25, 0.3) is 11.2 Å². The smallest absolute Gasteiger partial charge is 0.287 e. The second-order valence-corrected chi connectivity index (χ2v) is 11.8. The van der Waals surface area contributed by atoms with Crippen molar-refractivity contribution in [3.8, 4) is 17.4 Å². The maximum Gasteiger partial charge on any atom is 0.287 e. The summed E-state index contributed by atoms with van der Waals surface area (Å²) in [4.78, 5) is 32.6. The van der Waals surface area contributed by atoms with Gasteiger partial charge in [0.1, 0.15) is 12.0 Å². The zero-order chi connectivity index (χ0) is 28.5. The van der Waals surface area contributed by atoms with Gasteiger partial charge in [0.2, 0.25) is 5.88 Å². The van der Waals surface area contributed by atoms with Crippen molar-refractivity contribution in [1.82, 2.24) is 14.6 Å². The number of nitro groups is 1. The van der Waals surface area contributed by atoms with Crippen molar-refractivity contribution in [2.75, 3.05) is 6.61 Å². The molecule has 4 rings (SSSR count). The molecule has 0 radical (unpaired) electrons. The number of pyridine rings is 1. The van der Waals surface area contributed by atoms with Crippen molar-refractivity contribution in [3.05, 3.63) is 87.9 Å². The van der Waals surface area contributed by atoms with Gasteiger partial charge in [0.15, 0.2) is 11.5 Å². The Morgan fingerprint density at radius 1 is 1.13 bits per heavy atom. The Hall–Kier alpha value is -3.16. The van der Waals surface area contributed by atoms with Crippen LogP contribution in [0.4, 0.5) is 5.69 Å². The highest BCUT2D eigenvalue weighted by molar-refractivity contribution is 9.13. The van der Waals surface area contributed by atoms with Crippen LogP contribution >= 0.6 is 47.8 Å². The third-order valence-electron chi connectivity index (χ3n) is 5.39. The standard InChI is InChI=1S/C26H22Br3N5O5/c1-5-38-19-10-14(21(28)22(29)23(19)39-20-9-7-16(13-30-20)34(36)37)12-31-33-24(35)17-11-15(27)6-8-18(17)32-25(33)26(2,3)4/h6-13H,5H2,1-4H3. The fourth-order valence-corrected chi connectivity index (χ4v) is 4.83. The van der Waals surface area contributed by atoms with E-state index in [-0.39, 0.29) is 17.1 Å². The molecule has 10 nitrogen and oxygen atoms in total. The van der Waals surface area contributed by atoms with E-state index in [2.05, 4.69) is 57.9 Å². The van der Waals surface area contributed by atoms with Crippen LogP contribution in [0.5, 0.6) is 17.4 Å². The summed E-state index contributed by atoms with van der Waals surface area (Å²) in [6, 6.07) is 9.76. The number of fused-ring (bicyclic) bond motifs is 1. The third kappa shape index (κ3) is 6.20. The molecule has 0 atom stereocenters. The Balaban J connectivity index is 1.81. The van der Waals surface area contributed by atoms with Crippen LogP contribution in [0.1, 0.15) is 39.1 Å². The molecule has 2 aromatic heterocycles. The average molecular weight is 724 g/mol. The van der Waals surface area contributed by atoms with Crippen LogP contribution in [0.25, 0.3) is 10.9 Å². The van der Waals surface area contributed by atoms with Gasteiger partial charge in [0, 0.05) is 32.1 Å². The Labute approximate surface area is 248 Å². The lowest BCUT2D eigenvalue weighted by molar-refractivity contribution is -0.385. The summed E-state index contributed by atoms with van der Waals surface area (Å²) in [5, 5.41) is 15.9. The molecule has 13 heteroatoms. The SMILES string of the molecule is CCOc1cc(C=Nn2c(C(C)(C)C)nc3ccc(Br)cc3c2=O)c(Br)c(Br)c1Oc1ccc([N+](=O)[O-])cn1. The van der Waals surface area contributed by atoms with E-state index in [9.17, 15) is 14.9 Å². The van der Waals surface area contributed by atoms with E-state index in [1.807, 2.05) is 33.8 Å². The lowest BCUT2D eigenvalue weighted by Crippen LogP contribution is -2.29. The van der Waals surface area contributed by atoms with E-state index in [1.165, 1.54) is 23.0 Å². The molecule has 0 aliphatic carbocycles. The van der Waals surface area contributed by atoms with Crippen molar-refractivity contribution in [2.45, 2.75) is 33.1 Å². The number of hydrogen-bond donors (Lipinski definition) is 0. The first-order valence-electron chi connectivity index (χ1n) is 11.6. The largest absolute Gasteiger partial charge is 0.490 e. The first kappa shape index (κ1) is 28.8. The molecule has 0 saturated heterocycles. The number of halogens is 3.